The second-order valence-electron chi connectivity index (χ2n) is 4.37. The normalized spacial score (nSPS) is 18.9. The van der Waals surface area contributed by atoms with Crippen LogP contribution in [0, 0.1) is 0 Å². The molecule has 104 valence electrons. The van der Waals surface area contributed by atoms with Gasteiger partial charge in [-0.3, -0.25) is 4.79 Å². The molecule has 7 nitrogen and oxygen atoms in total. The van der Waals surface area contributed by atoms with Crippen molar-refractivity contribution in [1.29, 1.82) is 0 Å². The van der Waals surface area contributed by atoms with E-state index in [2.05, 4.69) is 15.2 Å². The summed E-state index contributed by atoms with van der Waals surface area (Å²) in [4.78, 5) is 22.8. The molecule has 1 N–H and O–H groups in total. The average Bonchev–Trinajstić information content (AvgIpc) is 2.82. The van der Waals surface area contributed by atoms with Crippen molar-refractivity contribution in [3.8, 4) is 0 Å². The fourth-order valence-corrected chi connectivity index (χ4v) is 2.00. The maximum absolute atomic E-state index is 11.6. The number of anilines is 1. The van der Waals surface area contributed by atoms with Crippen LogP contribution in [0.5, 0.6) is 0 Å². The monoisotopic (exact) mass is 267 g/mol. The third-order valence-electron chi connectivity index (χ3n) is 2.87. The first-order valence-electron chi connectivity index (χ1n) is 6.18. The van der Waals surface area contributed by atoms with Crippen LogP contribution in [-0.4, -0.2) is 35.4 Å². The van der Waals surface area contributed by atoms with E-state index in [1.165, 1.54) is 14.0 Å². The highest BCUT2D eigenvalue weighted by Crippen LogP contribution is 2.25. The summed E-state index contributed by atoms with van der Waals surface area (Å²) in [6, 6.07) is 0. The largest absolute Gasteiger partial charge is 0.464 e. The van der Waals surface area contributed by atoms with Crippen LogP contribution in [0.1, 0.15) is 42.9 Å². The molecule has 2 heterocycles. The minimum absolute atomic E-state index is 0.0897. The lowest BCUT2D eigenvalue weighted by Crippen LogP contribution is -2.19. The predicted molar refractivity (Wildman–Crippen MR) is 66.7 cm³/mol. The number of hydrogen-bond donors (Lipinski definition) is 1. The Bertz CT molecular complexity index is 477. The number of nitrogens with one attached hydrogen (secondary N) is 1. The maximum atomic E-state index is 11.6. The van der Waals surface area contributed by atoms with Crippen LogP contribution in [-0.2, 0) is 14.3 Å². The zero-order valence-corrected chi connectivity index (χ0v) is 11.0. The summed E-state index contributed by atoms with van der Waals surface area (Å²) < 4.78 is 11.8. The number of amides is 1. The van der Waals surface area contributed by atoms with Crippen LogP contribution in [0.25, 0.3) is 0 Å². The number of rotatable bonds is 3. The molecule has 1 aliphatic rings. The highest BCUT2D eigenvalue weighted by molar-refractivity contribution is 5.99. The van der Waals surface area contributed by atoms with Crippen molar-refractivity contribution in [3.63, 3.8) is 0 Å². The van der Waals surface area contributed by atoms with E-state index in [0.717, 1.165) is 19.3 Å². The molecule has 1 saturated heterocycles. The molecule has 7 heteroatoms. The van der Waals surface area contributed by atoms with Gasteiger partial charge in [0, 0.05) is 13.5 Å². The van der Waals surface area contributed by atoms with Gasteiger partial charge in [0.2, 0.25) is 5.91 Å². The average molecular weight is 267 g/mol. The number of hydrogen-bond acceptors (Lipinski definition) is 5. The molecular formula is C12H17N3O4. The first kappa shape index (κ1) is 13.5. The second kappa shape index (κ2) is 5.83. The van der Waals surface area contributed by atoms with E-state index < -0.39 is 5.97 Å². The molecule has 1 amide bonds. The van der Waals surface area contributed by atoms with Crippen LogP contribution >= 0.6 is 0 Å². The first-order chi connectivity index (χ1) is 9.11. The van der Waals surface area contributed by atoms with Gasteiger partial charge in [-0.05, 0) is 19.3 Å². The molecule has 2 rings (SSSR count). The van der Waals surface area contributed by atoms with Gasteiger partial charge in [-0.2, -0.15) is 5.10 Å². The fourth-order valence-electron chi connectivity index (χ4n) is 2.00. The summed E-state index contributed by atoms with van der Waals surface area (Å²) in [7, 11) is 1.27. The molecule has 0 aromatic carbocycles. The summed E-state index contributed by atoms with van der Waals surface area (Å²) in [6.45, 7) is 2.04. The molecule has 0 saturated carbocycles. The van der Waals surface area contributed by atoms with Crippen LogP contribution in [0.2, 0.25) is 0 Å². The Hall–Kier alpha value is -1.89. The number of nitrogens with zero attached hydrogens (tertiary/aromatic N) is 2. The Balaban J connectivity index is 2.27. The summed E-state index contributed by atoms with van der Waals surface area (Å²) in [6.07, 6.45) is 4.32. The topological polar surface area (TPSA) is 82.4 Å². The molecule has 0 aliphatic carbocycles. The van der Waals surface area contributed by atoms with E-state index in [9.17, 15) is 9.59 Å². The third-order valence-corrected chi connectivity index (χ3v) is 2.87. The van der Waals surface area contributed by atoms with Gasteiger partial charge >= 0.3 is 5.97 Å². The highest BCUT2D eigenvalue weighted by atomic mass is 16.5. The van der Waals surface area contributed by atoms with Gasteiger partial charge in [-0.15, -0.1) is 0 Å². The lowest BCUT2D eigenvalue weighted by molar-refractivity contribution is -0.114. The van der Waals surface area contributed by atoms with E-state index in [0.29, 0.717) is 12.3 Å². The molecule has 0 spiro atoms. The van der Waals surface area contributed by atoms with Gasteiger partial charge in [-0.25, -0.2) is 9.48 Å². The molecule has 1 aromatic rings. The van der Waals surface area contributed by atoms with Crippen LogP contribution < -0.4 is 5.32 Å². The Morgan fingerprint density at radius 2 is 2.32 bits per heavy atom. The quantitative estimate of drug-likeness (QED) is 0.835. The van der Waals surface area contributed by atoms with Gasteiger partial charge in [0.1, 0.15) is 6.23 Å². The minimum atomic E-state index is -0.585. The van der Waals surface area contributed by atoms with Crippen molar-refractivity contribution >= 4 is 17.6 Å². The van der Waals surface area contributed by atoms with Crippen LogP contribution in [0.3, 0.4) is 0 Å². The van der Waals surface area contributed by atoms with Gasteiger partial charge in [0.15, 0.2) is 5.69 Å². The molecule has 0 radical (unpaired) electrons. The van der Waals surface area contributed by atoms with Gasteiger partial charge in [0.05, 0.1) is 19.0 Å². The lowest BCUT2D eigenvalue weighted by atomic mass is 10.2. The van der Waals surface area contributed by atoms with Crippen LogP contribution in [0.15, 0.2) is 6.20 Å². The minimum Gasteiger partial charge on any atom is -0.464 e. The number of carbonyl (C=O) groups is 2. The van der Waals surface area contributed by atoms with Gasteiger partial charge in [-0.1, -0.05) is 0 Å². The third kappa shape index (κ3) is 3.11. The molecule has 1 unspecified atom stereocenters. The molecule has 1 fully saturated rings. The molecule has 0 bridgehead atoms. The summed E-state index contributed by atoms with van der Waals surface area (Å²) in [5.74, 6) is -0.854. The number of carbonyl (C=O) groups excluding carboxylic acids is 2. The Morgan fingerprint density at radius 1 is 1.53 bits per heavy atom. The van der Waals surface area contributed by atoms with E-state index in [1.54, 1.807) is 10.9 Å². The van der Waals surface area contributed by atoms with Gasteiger partial charge in [0.25, 0.3) is 0 Å². The van der Waals surface area contributed by atoms with E-state index >= 15 is 0 Å². The van der Waals surface area contributed by atoms with Crippen molar-refractivity contribution in [2.75, 3.05) is 19.0 Å². The number of ether oxygens (including phenoxy) is 2. The number of methoxy groups -OCH3 is 1. The Morgan fingerprint density at radius 3 is 2.89 bits per heavy atom. The molecule has 1 aromatic heterocycles. The van der Waals surface area contributed by atoms with E-state index in [-0.39, 0.29) is 17.8 Å². The van der Waals surface area contributed by atoms with Crippen molar-refractivity contribution < 1.29 is 19.1 Å². The van der Waals surface area contributed by atoms with Crippen molar-refractivity contribution in [2.45, 2.75) is 32.4 Å². The smallest absolute Gasteiger partial charge is 0.360 e. The molecule has 1 atom stereocenters. The summed E-state index contributed by atoms with van der Waals surface area (Å²) in [5, 5.41) is 6.73. The molecule has 19 heavy (non-hydrogen) atoms. The summed E-state index contributed by atoms with van der Waals surface area (Å²) >= 11 is 0. The van der Waals surface area contributed by atoms with Gasteiger partial charge < -0.3 is 14.8 Å². The second-order valence-corrected chi connectivity index (χ2v) is 4.37. The summed E-state index contributed by atoms with van der Waals surface area (Å²) in [5.41, 5.74) is 0.431. The first-order valence-corrected chi connectivity index (χ1v) is 6.18. The highest BCUT2D eigenvalue weighted by Gasteiger charge is 2.23. The maximum Gasteiger partial charge on any atom is 0.360 e. The predicted octanol–water partition coefficient (Wildman–Crippen LogP) is 1.33. The number of esters is 1. The molecule has 1 aliphatic heterocycles. The van der Waals surface area contributed by atoms with Crippen molar-refractivity contribution in [3.05, 3.63) is 11.9 Å². The SMILES string of the molecule is COC(=O)c1nn(C2CCCCO2)cc1NC(C)=O. The Kier molecular flexibility index (Phi) is 4.16. The van der Waals surface area contributed by atoms with E-state index in [1.807, 2.05) is 0 Å². The van der Waals surface area contributed by atoms with Crippen molar-refractivity contribution in [1.82, 2.24) is 9.78 Å². The fraction of sp³-hybridized carbons (Fsp3) is 0.583. The van der Waals surface area contributed by atoms with Crippen molar-refractivity contribution in [2.24, 2.45) is 0 Å². The van der Waals surface area contributed by atoms with E-state index in [4.69, 9.17) is 4.74 Å². The van der Waals surface area contributed by atoms with Crippen LogP contribution in [0.4, 0.5) is 5.69 Å². The Labute approximate surface area is 110 Å². The lowest BCUT2D eigenvalue weighted by Gasteiger charge is -2.22. The molecular weight excluding hydrogens is 250 g/mol. The zero-order valence-electron chi connectivity index (χ0n) is 11.0. The zero-order chi connectivity index (χ0) is 13.8. The standard InChI is InChI=1S/C12H17N3O4/c1-8(16)13-9-7-15(10-5-3-4-6-19-10)14-11(9)12(17)18-2/h7,10H,3-6H2,1-2H3,(H,13,16). The number of aromatic nitrogens is 2.